The summed E-state index contributed by atoms with van der Waals surface area (Å²) in [5, 5.41) is 8.57. The van der Waals surface area contributed by atoms with Gasteiger partial charge in [-0.15, -0.1) is 5.10 Å². The Hall–Kier alpha value is -0.875. The Balaban J connectivity index is 1.94. The number of nitrogens with zero attached hydrogens (tertiary/aromatic N) is 3. The average Bonchev–Trinajstić information content (AvgIpc) is 3.01. The first-order valence-electron chi connectivity index (χ1n) is 7.14. The quantitative estimate of drug-likeness (QED) is 0.775. The highest BCUT2D eigenvalue weighted by Crippen LogP contribution is 2.41. The molecule has 0 atom stereocenters. The highest BCUT2D eigenvalue weighted by Gasteiger charge is 2.54. The van der Waals surface area contributed by atoms with E-state index in [0.29, 0.717) is 5.92 Å². The van der Waals surface area contributed by atoms with Gasteiger partial charge in [-0.2, -0.15) is 0 Å². The molecule has 0 N–H and O–H groups in total. The predicted molar refractivity (Wildman–Crippen MR) is 73.4 cm³/mol. The van der Waals surface area contributed by atoms with Gasteiger partial charge in [0.15, 0.2) is 0 Å². The molecule has 0 unspecified atom stereocenters. The van der Waals surface area contributed by atoms with Gasteiger partial charge in [0.2, 0.25) is 0 Å². The normalized spacial score (nSPS) is 25.0. The minimum absolute atomic E-state index is 0.325. The Morgan fingerprint density at radius 1 is 1.21 bits per heavy atom. The summed E-state index contributed by atoms with van der Waals surface area (Å²) in [4.78, 5) is 0. The second-order valence-corrected chi connectivity index (χ2v) is 6.54. The molecule has 0 radical (unpaired) electrons. The molecule has 1 aliphatic heterocycles. The van der Waals surface area contributed by atoms with Crippen LogP contribution in [0.5, 0.6) is 0 Å². The van der Waals surface area contributed by atoms with Crippen LogP contribution in [0.25, 0.3) is 0 Å². The maximum Gasteiger partial charge on any atom is 0.518 e. The van der Waals surface area contributed by atoms with Gasteiger partial charge in [-0.1, -0.05) is 5.21 Å². The smallest absolute Gasteiger partial charge is 0.398 e. The third-order valence-electron chi connectivity index (χ3n) is 4.54. The molecule has 2 heterocycles. The second-order valence-electron chi connectivity index (χ2n) is 6.54. The molecular formula is C13H22BN3O2. The maximum absolute atomic E-state index is 6.09. The molecular weight excluding hydrogens is 241 g/mol. The van der Waals surface area contributed by atoms with E-state index in [1.54, 1.807) is 0 Å². The average molecular weight is 263 g/mol. The molecule has 1 aromatic rings. The van der Waals surface area contributed by atoms with Gasteiger partial charge in [0.05, 0.1) is 16.9 Å². The Labute approximate surface area is 114 Å². The number of aryl methyl sites for hydroxylation is 1. The first-order valence-corrected chi connectivity index (χ1v) is 7.14. The van der Waals surface area contributed by atoms with Crippen molar-refractivity contribution in [3.8, 4) is 0 Å². The van der Waals surface area contributed by atoms with Crippen LogP contribution in [0.3, 0.4) is 0 Å². The summed E-state index contributed by atoms with van der Waals surface area (Å²) >= 11 is 0. The summed E-state index contributed by atoms with van der Waals surface area (Å²) in [6, 6.07) is 0. The Kier molecular flexibility index (Phi) is 2.80. The first-order chi connectivity index (χ1) is 8.86. The number of aromatic nitrogens is 3. The van der Waals surface area contributed by atoms with Crippen molar-refractivity contribution in [2.24, 2.45) is 0 Å². The van der Waals surface area contributed by atoms with Crippen LogP contribution in [0, 0.1) is 0 Å². The highest BCUT2D eigenvalue weighted by atomic mass is 16.7. The molecule has 0 amide bonds. The van der Waals surface area contributed by atoms with E-state index >= 15 is 0 Å². The van der Waals surface area contributed by atoms with Gasteiger partial charge in [-0.3, -0.25) is 0 Å². The summed E-state index contributed by atoms with van der Waals surface area (Å²) in [6.45, 7) is 11.2. The number of rotatable bonds is 3. The van der Waals surface area contributed by atoms with Crippen LogP contribution >= 0.6 is 0 Å². The zero-order valence-corrected chi connectivity index (χ0v) is 12.4. The number of hydrogen-bond donors (Lipinski definition) is 0. The summed E-state index contributed by atoms with van der Waals surface area (Å²) in [5.74, 6) is 0.587. The lowest BCUT2D eigenvalue weighted by molar-refractivity contribution is 0.00578. The third-order valence-corrected chi connectivity index (χ3v) is 4.54. The van der Waals surface area contributed by atoms with Gasteiger partial charge >= 0.3 is 7.12 Å². The lowest BCUT2D eigenvalue weighted by Gasteiger charge is -2.32. The van der Waals surface area contributed by atoms with E-state index in [0.717, 1.165) is 12.1 Å². The summed E-state index contributed by atoms with van der Waals surface area (Å²) < 4.78 is 14.2. The molecule has 0 bridgehead atoms. The van der Waals surface area contributed by atoms with E-state index in [2.05, 4.69) is 44.9 Å². The fourth-order valence-corrected chi connectivity index (χ4v) is 2.47. The maximum atomic E-state index is 6.09. The van der Waals surface area contributed by atoms with Gasteiger partial charge in [0, 0.05) is 12.5 Å². The second kappa shape index (κ2) is 4.06. The monoisotopic (exact) mass is 263 g/mol. The highest BCUT2D eigenvalue weighted by molar-refractivity contribution is 6.61. The van der Waals surface area contributed by atoms with Crippen LogP contribution in [0.2, 0.25) is 0 Å². The molecule has 3 rings (SSSR count). The van der Waals surface area contributed by atoms with Gasteiger partial charge in [0.1, 0.15) is 5.59 Å². The van der Waals surface area contributed by atoms with Gasteiger partial charge < -0.3 is 9.31 Å². The molecule has 6 heteroatoms. The number of hydrogen-bond acceptors (Lipinski definition) is 4. The van der Waals surface area contributed by atoms with Crippen molar-refractivity contribution in [3.05, 3.63) is 5.69 Å². The van der Waals surface area contributed by atoms with Crippen molar-refractivity contribution < 1.29 is 9.31 Å². The van der Waals surface area contributed by atoms with Gasteiger partial charge in [-0.25, -0.2) is 4.68 Å². The van der Waals surface area contributed by atoms with E-state index in [1.807, 2.05) is 4.68 Å². The molecule has 0 spiro atoms. The van der Waals surface area contributed by atoms with Crippen LogP contribution < -0.4 is 5.59 Å². The molecule has 0 aromatic carbocycles. The van der Waals surface area contributed by atoms with Crippen molar-refractivity contribution in [2.75, 3.05) is 0 Å². The van der Waals surface area contributed by atoms with Crippen molar-refractivity contribution in [2.45, 2.75) is 71.1 Å². The largest absolute Gasteiger partial charge is 0.518 e. The molecule has 5 nitrogen and oxygen atoms in total. The Bertz CT molecular complexity index is 478. The zero-order chi connectivity index (χ0) is 13.8. The summed E-state index contributed by atoms with van der Waals surface area (Å²) in [6.07, 6.45) is 2.44. The molecule has 1 aliphatic carbocycles. The van der Waals surface area contributed by atoms with Crippen LogP contribution in [-0.4, -0.2) is 33.3 Å². The van der Waals surface area contributed by atoms with Crippen LogP contribution in [0.4, 0.5) is 0 Å². The molecule has 2 aliphatic rings. The Morgan fingerprint density at radius 3 is 2.26 bits per heavy atom. The molecule has 19 heavy (non-hydrogen) atoms. The first kappa shape index (κ1) is 13.1. The molecule has 104 valence electrons. The standard InChI is InChI=1S/C13H22BN3O2/c1-6-17-10(9-7-8-9)11(15-16-17)14-18-12(2,3)13(4,5)19-14/h9H,6-8H2,1-5H3. The van der Waals surface area contributed by atoms with Gasteiger partial charge in [-0.05, 0) is 47.5 Å². The third kappa shape index (κ3) is 2.01. The fourth-order valence-electron chi connectivity index (χ4n) is 2.47. The zero-order valence-electron chi connectivity index (χ0n) is 12.4. The minimum Gasteiger partial charge on any atom is -0.398 e. The van der Waals surface area contributed by atoms with Crippen molar-refractivity contribution in [3.63, 3.8) is 0 Å². The van der Waals surface area contributed by atoms with Gasteiger partial charge in [0.25, 0.3) is 0 Å². The van der Waals surface area contributed by atoms with Crippen molar-refractivity contribution in [1.29, 1.82) is 0 Å². The summed E-state index contributed by atoms with van der Waals surface area (Å²) in [5.41, 5.74) is 1.44. The minimum atomic E-state index is -0.388. The molecule has 2 fully saturated rings. The summed E-state index contributed by atoms with van der Waals surface area (Å²) in [7, 11) is -0.388. The van der Waals surface area contributed by atoms with E-state index in [9.17, 15) is 0 Å². The van der Waals surface area contributed by atoms with E-state index in [-0.39, 0.29) is 18.3 Å². The van der Waals surface area contributed by atoms with Crippen molar-refractivity contribution >= 4 is 12.7 Å². The molecule has 1 saturated heterocycles. The molecule has 1 saturated carbocycles. The van der Waals surface area contributed by atoms with Crippen LogP contribution in [-0.2, 0) is 15.9 Å². The molecule has 1 aromatic heterocycles. The Morgan fingerprint density at radius 2 is 1.79 bits per heavy atom. The van der Waals surface area contributed by atoms with Crippen LogP contribution in [0.1, 0.15) is 59.1 Å². The van der Waals surface area contributed by atoms with E-state index < -0.39 is 0 Å². The topological polar surface area (TPSA) is 49.2 Å². The lowest BCUT2D eigenvalue weighted by Crippen LogP contribution is -2.41. The van der Waals surface area contributed by atoms with E-state index in [4.69, 9.17) is 9.31 Å². The van der Waals surface area contributed by atoms with Crippen molar-refractivity contribution in [1.82, 2.24) is 15.0 Å². The van der Waals surface area contributed by atoms with Crippen LogP contribution in [0.15, 0.2) is 0 Å². The predicted octanol–water partition coefficient (Wildman–Crippen LogP) is 1.47. The SMILES string of the molecule is CCn1nnc(B2OC(C)(C)C(C)(C)O2)c1C1CC1. The van der Waals surface area contributed by atoms with E-state index in [1.165, 1.54) is 18.5 Å². The lowest BCUT2D eigenvalue weighted by atomic mass is 9.82. The fraction of sp³-hybridized carbons (Fsp3) is 0.846.